The highest BCUT2D eigenvalue weighted by molar-refractivity contribution is 7.18. The molecule has 21 heavy (non-hydrogen) atoms. The lowest BCUT2D eigenvalue weighted by Gasteiger charge is -2.07. The molecule has 5 nitrogen and oxygen atoms in total. The maximum atomic E-state index is 11.1. The second kappa shape index (κ2) is 5.34. The first-order valence-corrected chi connectivity index (χ1v) is 6.99. The van der Waals surface area contributed by atoms with Gasteiger partial charge in [-0.3, -0.25) is 0 Å². The van der Waals surface area contributed by atoms with Crippen LogP contribution in [0.25, 0.3) is 21.7 Å². The van der Waals surface area contributed by atoms with Gasteiger partial charge in [0.2, 0.25) is 5.13 Å². The predicted octanol–water partition coefficient (Wildman–Crippen LogP) is 3.15. The minimum Gasteiger partial charge on any atom is -0.478 e. The van der Waals surface area contributed by atoms with E-state index in [2.05, 4.69) is 10.2 Å². The number of carboxylic acid groups (broad SMARTS) is 1. The Bertz CT molecular complexity index is 814. The van der Waals surface area contributed by atoms with Gasteiger partial charge < -0.3 is 10.8 Å². The Balaban J connectivity index is 2.15. The number of anilines is 1. The fraction of sp³-hybridized carbons (Fsp3) is 0. The van der Waals surface area contributed by atoms with E-state index in [1.165, 1.54) is 11.3 Å². The summed E-state index contributed by atoms with van der Waals surface area (Å²) < 4.78 is 0. The number of rotatable bonds is 3. The van der Waals surface area contributed by atoms with Crippen molar-refractivity contribution in [1.29, 1.82) is 0 Å². The van der Waals surface area contributed by atoms with Crippen LogP contribution in [0.1, 0.15) is 10.4 Å². The van der Waals surface area contributed by atoms with Crippen LogP contribution in [0, 0.1) is 0 Å². The van der Waals surface area contributed by atoms with Crippen LogP contribution >= 0.6 is 11.3 Å². The first kappa shape index (κ1) is 13.3. The third kappa shape index (κ3) is 2.61. The SMILES string of the molecule is Nc1nnc(-c2ccccc2-c2cccc(C(=O)O)c2)s1. The number of aromatic carboxylic acids is 1. The quantitative estimate of drug-likeness (QED) is 0.775. The molecule has 0 amide bonds. The molecule has 0 aliphatic heterocycles. The van der Waals surface area contributed by atoms with Gasteiger partial charge in [0.05, 0.1) is 5.56 Å². The standard InChI is InChI=1S/C15H11N3O2S/c16-15-18-17-13(21-15)12-7-2-1-6-11(12)9-4-3-5-10(8-9)14(19)20/h1-8H,(H2,16,18)(H,19,20). The van der Waals surface area contributed by atoms with Crippen LogP contribution in [-0.2, 0) is 0 Å². The van der Waals surface area contributed by atoms with Crippen molar-refractivity contribution in [2.75, 3.05) is 5.73 Å². The van der Waals surface area contributed by atoms with E-state index >= 15 is 0 Å². The van der Waals surface area contributed by atoms with E-state index in [1.807, 2.05) is 30.3 Å². The molecular weight excluding hydrogens is 286 g/mol. The number of hydrogen-bond acceptors (Lipinski definition) is 5. The molecule has 6 heteroatoms. The molecule has 0 bridgehead atoms. The zero-order valence-electron chi connectivity index (χ0n) is 10.9. The molecule has 3 rings (SSSR count). The van der Waals surface area contributed by atoms with Gasteiger partial charge in [-0.1, -0.05) is 47.7 Å². The van der Waals surface area contributed by atoms with E-state index in [9.17, 15) is 4.79 Å². The molecule has 0 saturated carbocycles. The van der Waals surface area contributed by atoms with Gasteiger partial charge in [0, 0.05) is 5.56 Å². The van der Waals surface area contributed by atoms with E-state index in [1.54, 1.807) is 18.2 Å². The second-order valence-electron chi connectivity index (χ2n) is 4.38. The average Bonchev–Trinajstić information content (AvgIpc) is 2.94. The summed E-state index contributed by atoms with van der Waals surface area (Å²) in [6.45, 7) is 0. The molecule has 3 aromatic rings. The topological polar surface area (TPSA) is 89.1 Å². The Labute approximate surface area is 124 Å². The number of nitrogens with zero attached hydrogens (tertiary/aromatic N) is 2. The van der Waals surface area contributed by atoms with Crippen LogP contribution in [-0.4, -0.2) is 21.3 Å². The third-order valence-electron chi connectivity index (χ3n) is 3.02. The van der Waals surface area contributed by atoms with Crippen LogP contribution < -0.4 is 5.73 Å². The molecule has 0 atom stereocenters. The maximum absolute atomic E-state index is 11.1. The van der Waals surface area contributed by atoms with E-state index < -0.39 is 5.97 Å². The molecule has 0 spiro atoms. The molecule has 1 aromatic heterocycles. The number of carbonyl (C=O) groups is 1. The zero-order chi connectivity index (χ0) is 14.8. The molecule has 0 aliphatic rings. The Morgan fingerprint density at radius 3 is 2.48 bits per heavy atom. The van der Waals surface area contributed by atoms with Gasteiger partial charge in [-0.05, 0) is 23.3 Å². The lowest BCUT2D eigenvalue weighted by atomic mass is 9.98. The van der Waals surface area contributed by atoms with Crippen molar-refractivity contribution in [3.8, 4) is 21.7 Å². The molecule has 104 valence electrons. The van der Waals surface area contributed by atoms with Crippen LogP contribution in [0.4, 0.5) is 5.13 Å². The number of hydrogen-bond donors (Lipinski definition) is 2. The largest absolute Gasteiger partial charge is 0.478 e. The van der Waals surface area contributed by atoms with Crippen molar-refractivity contribution in [3.05, 3.63) is 54.1 Å². The van der Waals surface area contributed by atoms with Crippen molar-refractivity contribution >= 4 is 22.4 Å². The van der Waals surface area contributed by atoms with Crippen molar-refractivity contribution < 1.29 is 9.90 Å². The lowest BCUT2D eigenvalue weighted by Crippen LogP contribution is -1.96. The van der Waals surface area contributed by atoms with E-state index in [0.29, 0.717) is 10.1 Å². The molecule has 0 fully saturated rings. The van der Waals surface area contributed by atoms with Gasteiger partial charge in [-0.2, -0.15) is 0 Å². The highest BCUT2D eigenvalue weighted by atomic mass is 32.1. The number of nitrogens with two attached hydrogens (primary N) is 1. The van der Waals surface area contributed by atoms with Gasteiger partial charge in [-0.15, -0.1) is 10.2 Å². The fourth-order valence-corrected chi connectivity index (χ4v) is 2.73. The summed E-state index contributed by atoms with van der Waals surface area (Å²) in [6.07, 6.45) is 0. The van der Waals surface area contributed by atoms with E-state index in [-0.39, 0.29) is 5.56 Å². The van der Waals surface area contributed by atoms with Crippen LogP contribution in [0.2, 0.25) is 0 Å². The summed E-state index contributed by atoms with van der Waals surface area (Å²) in [5.74, 6) is -0.950. The normalized spacial score (nSPS) is 10.5. The number of carboxylic acids is 1. The summed E-state index contributed by atoms with van der Waals surface area (Å²) in [6, 6.07) is 14.5. The van der Waals surface area contributed by atoms with Gasteiger partial charge in [0.25, 0.3) is 0 Å². The van der Waals surface area contributed by atoms with E-state index in [0.717, 1.165) is 16.7 Å². The summed E-state index contributed by atoms with van der Waals surface area (Å²) in [5.41, 5.74) is 8.49. The fourth-order valence-electron chi connectivity index (χ4n) is 2.08. The maximum Gasteiger partial charge on any atom is 0.335 e. The van der Waals surface area contributed by atoms with Gasteiger partial charge >= 0.3 is 5.97 Å². The zero-order valence-corrected chi connectivity index (χ0v) is 11.7. The van der Waals surface area contributed by atoms with Gasteiger partial charge in [0.15, 0.2) is 0 Å². The highest BCUT2D eigenvalue weighted by Crippen LogP contribution is 2.34. The molecule has 3 N–H and O–H groups in total. The number of benzene rings is 2. The van der Waals surface area contributed by atoms with Crippen molar-refractivity contribution in [1.82, 2.24) is 10.2 Å². The molecule has 0 aliphatic carbocycles. The predicted molar refractivity (Wildman–Crippen MR) is 82.2 cm³/mol. The van der Waals surface area contributed by atoms with E-state index in [4.69, 9.17) is 10.8 Å². The molecule has 0 saturated heterocycles. The molecule has 0 radical (unpaired) electrons. The summed E-state index contributed by atoms with van der Waals surface area (Å²) in [4.78, 5) is 11.1. The summed E-state index contributed by atoms with van der Waals surface area (Å²) in [5, 5.41) is 18.1. The Kier molecular flexibility index (Phi) is 3.37. The smallest absolute Gasteiger partial charge is 0.335 e. The Morgan fingerprint density at radius 1 is 1.05 bits per heavy atom. The third-order valence-corrected chi connectivity index (χ3v) is 3.80. The highest BCUT2D eigenvalue weighted by Gasteiger charge is 2.12. The lowest BCUT2D eigenvalue weighted by molar-refractivity contribution is 0.0697. The van der Waals surface area contributed by atoms with Crippen LogP contribution in [0.5, 0.6) is 0 Å². The van der Waals surface area contributed by atoms with Gasteiger partial charge in [-0.25, -0.2) is 4.79 Å². The molecule has 2 aromatic carbocycles. The van der Waals surface area contributed by atoms with Crippen LogP contribution in [0.15, 0.2) is 48.5 Å². The summed E-state index contributed by atoms with van der Waals surface area (Å²) >= 11 is 1.30. The van der Waals surface area contributed by atoms with Crippen LogP contribution in [0.3, 0.4) is 0 Å². The van der Waals surface area contributed by atoms with Gasteiger partial charge in [0.1, 0.15) is 5.01 Å². The molecule has 0 unspecified atom stereocenters. The minimum atomic E-state index is -0.950. The average molecular weight is 297 g/mol. The first-order valence-electron chi connectivity index (χ1n) is 6.17. The number of aromatic nitrogens is 2. The summed E-state index contributed by atoms with van der Waals surface area (Å²) in [7, 11) is 0. The Hall–Kier alpha value is -2.73. The van der Waals surface area contributed by atoms with Crippen molar-refractivity contribution in [3.63, 3.8) is 0 Å². The minimum absolute atomic E-state index is 0.249. The molecule has 1 heterocycles. The monoisotopic (exact) mass is 297 g/mol. The van der Waals surface area contributed by atoms with Crippen molar-refractivity contribution in [2.45, 2.75) is 0 Å². The number of nitrogen functional groups attached to an aromatic ring is 1. The first-order chi connectivity index (χ1) is 10.1. The Morgan fingerprint density at radius 2 is 1.81 bits per heavy atom. The van der Waals surface area contributed by atoms with Crippen molar-refractivity contribution in [2.24, 2.45) is 0 Å². The molecular formula is C15H11N3O2S. The second-order valence-corrected chi connectivity index (χ2v) is 5.39.